The van der Waals surface area contributed by atoms with Crippen molar-refractivity contribution in [3.8, 4) is 11.5 Å². The molecule has 240 valence electrons. The summed E-state index contributed by atoms with van der Waals surface area (Å²) in [6.07, 6.45) is 10.2. The number of aliphatic hydroxyl groups is 4. The number of benzene rings is 2. The fraction of sp³-hybridized carbons (Fsp3) is 0.684. The standard InChI is InChI=1S/2C19H26O3/c2*1-19-7-6-14-13-3-2-12(21)9-15(13)11(10-20)8-16(14)17(19)4-5-18(19)22/h2*2-3,9,11,14,16-18,20-22H,4-8,10H2,1H3/t11-,14+,16+,17-,18-,19-;11-,14-,16-,17+,18+,19+/m01/s1. The third-order valence-corrected chi connectivity index (χ3v) is 14.1. The lowest BCUT2D eigenvalue weighted by Crippen LogP contribution is -2.44. The van der Waals surface area contributed by atoms with E-state index in [1.54, 1.807) is 12.1 Å². The van der Waals surface area contributed by atoms with Crippen LogP contribution in [0, 0.1) is 34.5 Å². The van der Waals surface area contributed by atoms with Gasteiger partial charge in [-0.1, -0.05) is 26.0 Å². The summed E-state index contributed by atoms with van der Waals surface area (Å²) in [5.41, 5.74) is 5.08. The lowest BCUT2D eigenvalue weighted by Gasteiger charge is -2.51. The Morgan fingerprint density at radius 3 is 1.39 bits per heavy atom. The Hall–Kier alpha value is -2.12. The maximum Gasteiger partial charge on any atom is 0.115 e. The topological polar surface area (TPSA) is 121 Å². The maximum atomic E-state index is 10.4. The van der Waals surface area contributed by atoms with E-state index >= 15 is 0 Å². The van der Waals surface area contributed by atoms with E-state index < -0.39 is 0 Å². The second kappa shape index (κ2) is 11.3. The average Bonchev–Trinajstić information content (AvgIpc) is 3.50. The van der Waals surface area contributed by atoms with E-state index in [2.05, 4.69) is 26.0 Å². The molecule has 6 heteroatoms. The van der Waals surface area contributed by atoms with Gasteiger partial charge in [0.15, 0.2) is 0 Å². The van der Waals surface area contributed by atoms with Gasteiger partial charge in [-0.25, -0.2) is 0 Å². The molecule has 8 rings (SSSR count). The van der Waals surface area contributed by atoms with Crippen molar-refractivity contribution < 1.29 is 30.6 Å². The van der Waals surface area contributed by atoms with Crippen LogP contribution < -0.4 is 0 Å². The SMILES string of the molecule is C[C@]12CC[C@@H]3c4ccc(O)cc4[C@@H](CO)C[C@H]3[C@@H]1CC[C@@H]2O.C[C@]12CC[C@@H]3c4ccc(O)cc4[C@H](CO)C[C@H]3[C@@H]1CC[C@@H]2O. The molecular formula is C38H52O6. The third-order valence-electron chi connectivity index (χ3n) is 14.1. The smallest absolute Gasteiger partial charge is 0.115 e. The zero-order chi connectivity index (χ0) is 31.0. The first-order chi connectivity index (χ1) is 21.1. The van der Waals surface area contributed by atoms with Crippen LogP contribution in [0.4, 0.5) is 0 Å². The number of fused-ring (bicyclic) bond motifs is 10. The first-order valence-electron chi connectivity index (χ1n) is 17.3. The van der Waals surface area contributed by atoms with Crippen molar-refractivity contribution in [2.75, 3.05) is 13.2 Å². The Bertz CT molecular complexity index is 1270. The summed E-state index contributed by atoms with van der Waals surface area (Å²) in [6.45, 7) is 4.83. The highest BCUT2D eigenvalue weighted by Gasteiger charge is 2.56. The molecule has 2 aromatic rings. The fourth-order valence-electron chi connectivity index (χ4n) is 11.7. The van der Waals surface area contributed by atoms with Gasteiger partial charge in [0.2, 0.25) is 0 Å². The molecule has 6 aliphatic rings. The van der Waals surface area contributed by atoms with Crippen LogP contribution in [0.15, 0.2) is 36.4 Å². The Morgan fingerprint density at radius 1 is 0.591 bits per heavy atom. The van der Waals surface area contributed by atoms with Gasteiger partial charge in [-0.15, -0.1) is 0 Å². The lowest BCUT2D eigenvalue weighted by molar-refractivity contribution is -0.0265. The van der Waals surface area contributed by atoms with E-state index in [4.69, 9.17) is 0 Å². The molecule has 0 unspecified atom stereocenters. The van der Waals surface area contributed by atoms with Crippen molar-refractivity contribution in [1.82, 2.24) is 0 Å². The van der Waals surface area contributed by atoms with Gasteiger partial charge in [0.25, 0.3) is 0 Å². The number of aromatic hydroxyl groups is 2. The van der Waals surface area contributed by atoms with Crippen LogP contribution in [0.2, 0.25) is 0 Å². The molecule has 12 atom stereocenters. The minimum atomic E-state index is -0.160. The van der Waals surface area contributed by atoms with Gasteiger partial charge in [-0.3, -0.25) is 0 Å². The van der Waals surface area contributed by atoms with Gasteiger partial charge in [0.05, 0.1) is 12.2 Å². The molecule has 6 N–H and O–H groups in total. The zero-order valence-corrected chi connectivity index (χ0v) is 26.4. The molecule has 0 spiro atoms. The zero-order valence-electron chi connectivity index (χ0n) is 26.4. The van der Waals surface area contributed by atoms with E-state index in [-0.39, 0.29) is 48.1 Å². The van der Waals surface area contributed by atoms with Crippen LogP contribution >= 0.6 is 0 Å². The summed E-state index contributed by atoms with van der Waals surface area (Å²) in [7, 11) is 0. The van der Waals surface area contributed by atoms with Crippen molar-refractivity contribution in [1.29, 1.82) is 0 Å². The molecule has 2 aromatic carbocycles. The minimum absolute atomic E-state index is 0.0651. The quantitative estimate of drug-likeness (QED) is 0.240. The van der Waals surface area contributed by atoms with Gasteiger partial charge >= 0.3 is 0 Å². The molecule has 44 heavy (non-hydrogen) atoms. The van der Waals surface area contributed by atoms with Crippen LogP contribution in [-0.2, 0) is 0 Å². The monoisotopic (exact) mass is 604 g/mol. The molecule has 0 aromatic heterocycles. The summed E-state index contributed by atoms with van der Waals surface area (Å²) in [5.74, 6) is 4.17. The number of rotatable bonds is 2. The average molecular weight is 605 g/mol. The Morgan fingerprint density at radius 2 is 1.00 bits per heavy atom. The number of aliphatic hydroxyl groups excluding tert-OH is 4. The molecule has 0 amide bonds. The fourth-order valence-corrected chi connectivity index (χ4v) is 11.7. The number of phenolic OH excluding ortho intramolecular Hbond substituents is 2. The van der Waals surface area contributed by atoms with Gasteiger partial charge in [-0.2, -0.15) is 0 Å². The Balaban J connectivity index is 0.000000142. The molecule has 6 nitrogen and oxygen atoms in total. The van der Waals surface area contributed by atoms with E-state index in [0.717, 1.165) is 75.3 Å². The third kappa shape index (κ3) is 4.65. The van der Waals surface area contributed by atoms with Crippen LogP contribution in [0.3, 0.4) is 0 Å². The summed E-state index contributed by atoms with van der Waals surface area (Å²) >= 11 is 0. The molecule has 4 fully saturated rings. The maximum absolute atomic E-state index is 10.4. The number of hydrogen-bond donors (Lipinski definition) is 6. The van der Waals surface area contributed by atoms with Gasteiger partial charge in [0.1, 0.15) is 11.5 Å². The largest absolute Gasteiger partial charge is 0.508 e. The molecule has 0 aliphatic heterocycles. The first kappa shape index (κ1) is 30.5. The second-order valence-corrected chi connectivity index (χ2v) is 15.9. The molecule has 0 saturated heterocycles. The van der Waals surface area contributed by atoms with Crippen LogP contribution in [0.5, 0.6) is 11.5 Å². The minimum Gasteiger partial charge on any atom is -0.508 e. The van der Waals surface area contributed by atoms with E-state index in [0.29, 0.717) is 47.0 Å². The first-order valence-corrected chi connectivity index (χ1v) is 17.3. The van der Waals surface area contributed by atoms with Crippen LogP contribution in [0.1, 0.15) is 124 Å². The van der Waals surface area contributed by atoms with E-state index in [1.165, 1.54) is 11.1 Å². The van der Waals surface area contributed by atoms with Crippen molar-refractivity contribution >= 4 is 0 Å². The van der Waals surface area contributed by atoms with Crippen LogP contribution in [0.25, 0.3) is 0 Å². The van der Waals surface area contributed by atoms with Crippen molar-refractivity contribution in [3.63, 3.8) is 0 Å². The summed E-state index contributed by atoms with van der Waals surface area (Å²) in [5, 5.41) is 60.2. The van der Waals surface area contributed by atoms with Gasteiger partial charge in [0, 0.05) is 25.0 Å². The molecule has 0 heterocycles. The van der Waals surface area contributed by atoms with Gasteiger partial charge < -0.3 is 30.6 Å². The van der Waals surface area contributed by atoms with Crippen LogP contribution in [-0.4, -0.2) is 56.1 Å². The highest BCUT2D eigenvalue weighted by molar-refractivity contribution is 5.44. The summed E-state index contributed by atoms with van der Waals surface area (Å²) < 4.78 is 0. The molecular weight excluding hydrogens is 552 g/mol. The molecule has 4 saturated carbocycles. The molecule has 0 bridgehead atoms. The second-order valence-electron chi connectivity index (χ2n) is 15.9. The van der Waals surface area contributed by atoms with E-state index in [9.17, 15) is 30.6 Å². The number of phenols is 2. The predicted molar refractivity (Wildman–Crippen MR) is 170 cm³/mol. The van der Waals surface area contributed by atoms with Crippen molar-refractivity contribution in [2.24, 2.45) is 34.5 Å². The summed E-state index contributed by atoms with van der Waals surface area (Å²) in [4.78, 5) is 0. The normalized spacial score (nSPS) is 43.3. The van der Waals surface area contributed by atoms with Gasteiger partial charge in [-0.05, 0) is 157 Å². The summed E-state index contributed by atoms with van der Waals surface area (Å²) in [6, 6.07) is 11.4. The molecule has 0 radical (unpaired) electrons. The van der Waals surface area contributed by atoms with Crippen molar-refractivity contribution in [2.45, 2.75) is 114 Å². The highest BCUT2D eigenvalue weighted by atomic mass is 16.3. The lowest BCUT2D eigenvalue weighted by atomic mass is 9.54. The highest BCUT2D eigenvalue weighted by Crippen LogP contribution is 2.64. The Labute approximate surface area is 262 Å². The van der Waals surface area contributed by atoms with Crippen molar-refractivity contribution in [3.05, 3.63) is 58.7 Å². The number of hydrogen-bond acceptors (Lipinski definition) is 6. The molecule has 6 aliphatic carbocycles. The predicted octanol–water partition coefficient (Wildman–Crippen LogP) is 6.29. The Kier molecular flexibility index (Phi) is 7.83. The van der Waals surface area contributed by atoms with E-state index in [1.807, 2.05) is 12.1 Å².